The van der Waals surface area contributed by atoms with Gasteiger partial charge in [0, 0.05) is 25.7 Å². The largest absolute Gasteiger partial charge is 0.448 e. The third kappa shape index (κ3) is 11.4. The summed E-state index contributed by atoms with van der Waals surface area (Å²) in [4.78, 5) is 53.5. The molecule has 11 heteroatoms. The van der Waals surface area contributed by atoms with E-state index in [-0.39, 0.29) is 32.1 Å². The van der Waals surface area contributed by atoms with Crippen molar-refractivity contribution in [3.63, 3.8) is 0 Å². The molecule has 4 amide bonds. The minimum absolute atomic E-state index is 0.00485. The van der Waals surface area contributed by atoms with Gasteiger partial charge in [-0.3, -0.25) is 14.4 Å². The van der Waals surface area contributed by atoms with Crippen LogP contribution in [0.3, 0.4) is 0 Å². The topological polar surface area (TPSA) is 135 Å². The summed E-state index contributed by atoms with van der Waals surface area (Å²) in [6.45, 7) is 5.11. The van der Waals surface area contributed by atoms with Crippen molar-refractivity contribution in [2.45, 2.75) is 26.4 Å². The third-order valence-electron chi connectivity index (χ3n) is 3.57. The molecule has 11 nitrogen and oxygen atoms in total. The average molecular weight is 438 g/mol. The molecule has 0 aliphatic carbocycles. The Hall–Kier alpha value is -3.34. The van der Waals surface area contributed by atoms with Crippen LogP contribution < -0.4 is 16.1 Å². The van der Waals surface area contributed by atoms with Crippen LogP contribution in [0, 0.1) is 0 Å². The third-order valence-corrected chi connectivity index (χ3v) is 3.57. The monoisotopic (exact) mass is 438 g/mol. The normalized spacial score (nSPS) is 10.6. The molecular formula is C20H30N4O7. The number of hydroxylamine groups is 1. The van der Waals surface area contributed by atoms with E-state index in [1.165, 1.54) is 11.9 Å². The van der Waals surface area contributed by atoms with Gasteiger partial charge in [0.15, 0.2) is 6.61 Å². The highest BCUT2D eigenvalue weighted by Crippen LogP contribution is 2.06. The minimum atomic E-state index is -0.809. The first-order valence-electron chi connectivity index (χ1n) is 9.68. The van der Waals surface area contributed by atoms with E-state index in [1.807, 2.05) is 5.48 Å². The van der Waals surface area contributed by atoms with Gasteiger partial charge in [0.1, 0.15) is 12.2 Å². The predicted octanol–water partition coefficient (Wildman–Crippen LogP) is 1.06. The number of nitrogens with zero attached hydrogens (tertiary/aromatic N) is 1. The van der Waals surface area contributed by atoms with Crippen molar-refractivity contribution in [1.29, 1.82) is 0 Å². The fraction of sp³-hybridized carbons (Fsp3) is 0.500. The van der Waals surface area contributed by atoms with Crippen molar-refractivity contribution in [3.05, 3.63) is 35.9 Å². The molecule has 3 N–H and O–H groups in total. The van der Waals surface area contributed by atoms with Gasteiger partial charge < -0.3 is 25.0 Å². The fourth-order valence-electron chi connectivity index (χ4n) is 2.24. The molecule has 0 atom stereocenters. The van der Waals surface area contributed by atoms with Gasteiger partial charge in [-0.25, -0.2) is 9.59 Å². The van der Waals surface area contributed by atoms with Gasteiger partial charge in [0.05, 0.1) is 6.54 Å². The van der Waals surface area contributed by atoms with Crippen LogP contribution in [-0.4, -0.2) is 74.4 Å². The number of carbonyl (C=O) groups excluding carboxylic acids is 4. The summed E-state index contributed by atoms with van der Waals surface area (Å²) >= 11 is 0. The molecule has 0 saturated heterocycles. The Morgan fingerprint density at radius 1 is 1.00 bits per heavy atom. The molecular weight excluding hydrogens is 408 g/mol. The summed E-state index contributed by atoms with van der Waals surface area (Å²) in [5, 5.41) is 4.90. The lowest BCUT2D eigenvalue weighted by atomic mass is 10.2. The van der Waals surface area contributed by atoms with Crippen LogP contribution in [0.2, 0.25) is 0 Å². The summed E-state index contributed by atoms with van der Waals surface area (Å²) in [5.41, 5.74) is 1.79. The quantitative estimate of drug-likeness (QED) is 0.465. The second-order valence-electron chi connectivity index (χ2n) is 7.29. The SMILES string of the molecule is CNC(=O)OCCN(CCNC(=O)CONC(=O)OC(C)(C)C)C(=O)c1ccccc1. The van der Waals surface area contributed by atoms with E-state index in [9.17, 15) is 19.2 Å². The lowest BCUT2D eigenvalue weighted by molar-refractivity contribution is -0.128. The van der Waals surface area contributed by atoms with Crippen LogP contribution in [-0.2, 0) is 19.1 Å². The van der Waals surface area contributed by atoms with E-state index in [0.717, 1.165) is 0 Å². The van der Waals surface area contributed by atoms with E-state index in [1.54, 1.807) is 51.1 Å². The highest BCUT2D eigenvalue weighted by molar-refractivity contribution is 5.94. The molecule has 0 fully saturated rings. The van der Waals surface area contributed by atoms with Crippen LogP contribution in [0.1, 0.15) is 31.1 Å². The second-order valence-corrected chi connectivity index (χ2v) is 7.29. The van der Waals surface area contributed by atoms with Crippen LogP contribution in [0.25, 0.3) is 0 Å². The Labute approximate surface area is 181 Å². The zero-order chi connectivity index (χ0) is 23.3. The standard InChI is InChI=1S/C20H30N4O7/c1-20(2,3)31-19(28)23-30-14-16(25)22-10-11-24(12-13-29-18(27)21-4)17(26)15-8-6-5-7-9-15/h5-9H,10-14H2,1-4H3,(H,21,27)(H,22,25)(H,23,28). The zero-order valence-corrected chi connectivity index (χ0v) is 18.2. The molecule has 1 aromatic carbocycles. The Morgan fingerprint density at radius 3 is 2.29 bits per heavy atom. The number of hydrogen-bond acceptors (Lipinski definition) is 7. The number of rotatable bonds is 10. The summed E-state index contributed by atoms with van der Waals surface area (Å²) < 4.78 is 9.91. The number of ether oxygens (including phenoxy) is 2. The van der Waals surface area contributed by atoms with E-state index in [0.29, 0.717) is 5.56 Å². The molecule has 1 aromatic rings. The van der Waals surface area contributed by atoms with Crippen molar-refractivity contribution in [3.8, 4) is 0 Å². The molecule has 0 spiro atoms. The molecule has 0 aliphatic rings. The Morgan fingerprint density at radius 2 is 1.68 bits per heavy atom. The number of hydrogen-bond donors (Lipinski definition) is 3. The minimum Gasteiger partial charge on any atom is -0.448 e. The number of benzene rings is 1. The van der Waals surface area contributed by atoms with Crippen molar-refractivity contribution in [1.82, 2.24) is 21.0 Å². The van der Waals surface area contributed by atoms with Crippen LogP contribution in [0.5, 0.6) is 0 Å². The van der Waals surface area contributed by atoms with Crippen molar-refractivity contribution in [2.75, 3.05) is 39.9 Å². The second kappa shape index (κ2) is 13.1. The first kappa shape index (κ1) is 25.7. The molecule has 172 valence electrons. The maximum Gasteiger partial charge on any atom is 0.431 e. The molecule has 0 aromatic heterocycles. The highest BCUT2D eigenvalue weighted by atomic mass is 16.7. The van der Waals surface area contributed by atoms with Crippen LogP contribution in [0.15, 0.2) is 30.3 Å². The summed E-state index contributed by atoms with van der Waals surface area (Å²) in [5.74, 6) is -0.761. The van der Waals surface area contributed by atoms with E-state index in [4.69, 9.17) is 14.3 Å². The number of carbonyl (C=O) groups is 4. The molecule has 0 unspecified atom stereocenters. The first-order valence-corrected chi connectivity index (χ1v) is 9.68. The maximum atomic E-state index is 12.7. The predicted molar refractivity (Wildman–Crippen MR) is 111 cm³/mol. The van der Waals surface area contributed by atoms with Gasteiger partial charge in [-0.05, 0) is 32.9 Å². The van der Waals surface area contributed by atoms with Gasteiger partial charge in [-0.15, -0.1) is 0 Å². The molecule has 0 heterocycles. The van der Waals surface area contributed by atoms with Gasteiger partial charge in [-0.2, -0.15) is 5.48 Å². The Kier molecular flexibility index (Phi) is 10.8. The first-order chi connectivity index (χ1) is 14.6. The molecule has 0 aliphatic heterocycles. The van der Waals surface area contributed by atoms with Gasteiger partial charge in [0.2, 0.25) is 5.91 Å². The Balaban J connectivity index is 2.46. The van der Waals surface area contributed by atoms with Gasteiger partial charge in [-0.1, -0.05) is 18.2 Å². The average Bonchev–Trinajstić information content (AvgIpc) is 2.71. The van der Waals surface area contributed by atoms with Gasteiger partial charge in [0.25, 0.3) is 5.91 Å². The lowest BCUT2D eigenvalue weighted by Crippen LogP contribution is -2.42. The fourth-order valence-corrected chi connectivity index (χ4v) is 2.24. The molecule has 0 bridgehead atoms. The van der Waals surface area contributed by atoms with E-state index >= 15 is 0 Å². The summed E-state index contributed by atoms with van der Waals surface area (Å²) in [6.07, 6.45) is -1.41. The molecule has 0 radical (unpaired) electrons. The van der Waals surface area contributed by atoms with Crippen LogP contribution in [0.4, 0.5) is 9.59 Å². The van der Waals surface area contributed by atoms with E-state index < -0.39 is 30.3 Å². The molecule has 31 heavy (non-hydrogen) atoms. The van der Waals surface area contributed by atoms with Crippen LogP contribution >= 0.6 is 0 Å². The summed E-state index contributed by atoms with van der Waals surface area (Å²) in [6, 6.07) is 8.61. The lowest BCUT2D eigenvalue weighted by Gasteiger charge is -2.23. The van der Waals surface area contributed by atoms with Crippen molar-refractivity contribution >= 4 is 24.0 Å². The number of alkyl carbamates (subject to hydrolysis) is 1. The van der Waals surface area contributed by atoms with E-state index in [2.05, 4.69) is 10.6 Å². The molecule has 0 saturated carbocycles. The van der Waals surface area contributed by atoms with Gasteiger partial charge >= 0.3 is 12.2 Å². The van der Waals surface area contributed by atoms with Crippen molar-refractivity contribution in [2.24, 2.45) is 0 Å². The number of nitrogens with one attached hydrogen (secondary N) is 3. The van der Waals surface area contributed by atoms with Crippen molar-refractivity contribution < 1.29 is 33.5 Å². The summed E-state index contributed by atoms with van der Waals surface area (Å²) in [7, 11) is 1.44. The number of amides is 4. The maximum absolute atomic E-state index is 12.7. The smallest absolute Gasteiger partial charge is 0.431 e. The Bertz CT molecular complexity index is 735. The highest BCUT2D eigenvalue weighted by Gasteiger charge is 2.18. The molecule has 1 rings (SSSR count). The zero-order valence-electron chi connectivity index (χ0n) is 18.2.